The number of para-hydroxylation sites is 1. The summed E-state index contributed by atoms with van der Waals surface area (Å²) >= 11 is 0. The standard InChI is InChI=1S/C21H21N3O2/c1-26-20-9-5-6-16(12-20)10-11-23-19-13-17(14-22-15-19)21(25)24-18-7-3-2-4-8-18/h2-9,12-15,23H,10-11H2,1H3,(H,24,25). The van der Waals surface area contributed by atoms with Crippen molar-refractivity contribution < 1.29 is 9.53 Å². The number of ether oxygens (including phenoxy) is 1. The minimum atomic E-state index is -0.180. The van der Waals surface area contributed by atoms with Crippen LogP contribution in [0.15, 0.2) is 73.1 Å². The van der Waals surface area contributed by atoms with Crippen molar-refractivity contribution in [3.05, 3.63) is 84.2 Å². The molecule has 0 radical (unpaired) electrons. The second-order valence-corrected chi connectivity index (χ2v) is 5.81. The molecule has 1 amide bonds. The number of hydrogen-bond acceptors (Lipinski definition) is 4. The number of nitrogens with one attached hydrogen (secondary N) is 2. The van der Waals surface area contributed by atoms with Crippen molar-refractivity contribution in [2.75, 3.05) is 24.3 Å². The first-order chi connectivity index (χ1) is 12.7. The van der Waals surface area contributed by atoms with Crippen LogP contribution in [0, 0.1) is 0 Å². The number of anilines is 2. The number of benzene rings is 2. The summed E-state index contributed by atoms with van der Waals surface area (Å²) in [5.74, 6) is 0.670. The average molecular weight is 347 g/mol. The van der Waals surface area contributed by atoms with E-state index in [1.165, 1.54) is 5.56 Å². The molecule has 0 aliphatic rings. The maximum atomic E-state index is 12.3. The predicted octanol–water partition coefficient (Wildman–Crippen LogP) is 4.00. The molecule has 0 saturated carbocycles. The molecule has 0 bridgehead atoms. The molecule has 3 rings (SSSR count). The van der Waals surface area contributed by atoms with Gasteiger partial charge in [0.05, 0.1) is 18.4 Å². The third-order valence-corrected chi connectivity index (χ3v) is 3.91. The Bertz CT molecular complexity index is 866. The normalized spacial score (nSPS) is 10.2. The quantitative estimate of drug-likeness (QED) is 0.678. The molecule has 0 spiro atoms. The highest BCUT2D eigenvalue weighted by atomic mass is 16.5. The smallest absolute Gasteiger partial charge is 0.257 e. The van der Waals surface area contributed by atoms with E-state index in [4.69, 9.17) is 4.74 Å². The lowest BCUT2D eigenvalue weighted by atomic mass is 10.1. The van der Waals surface area contributed by atoms with Gasteiger partial charge in [-0.25, -0.2) is 0 Å². The highest BCUT2D eigenvalue weighted by Crippen LogP contribution is 2.14. The number of aromatic nitrogens is 1. The zero-order valence-electron chi connectivity index (χ0n) is 14.6. The maximum absolute atomic E-state index is 12.3. The largest absolute Gasteiger partial charge is 0.497 e. The molecule has 5 nitrogen and oxygen atoms in total. The Morgan fingerprint density at radius 2 is 1.85 bits per heavy atom. The Morgan fingerprint density at radius 1 is 1.00 bits per heavy atom. The fourth-order valence-electron chi connectivity index (χ4n) is 2.56. The molecule has 3 aromatic rings. The molecule has 2 aromatic carbocycles. The van der Waals surface area contributed by atoms with E-state index in [1.54, 1.807) is 25.6 Å². The molecule has 26 heavy (non-hydrogen) atoms. The molecule has 132 valence electrons. The minimum absolute atomic E-state index is 0.180. The molecule has 0 fully saturated rings. The molecule has 0 unspecified atom stereocenters. The predicted molar refractivity (Wildman–Crippen MR) is 104 cm³/mol. The van der Waals surface area contributed by atoms with Gasteiger partial charge < -0.3 is 15.4 Å². The Balaban J connectivity index is 1.57. The fraction of sp³-hybridized carbons (Fsp3) is 0.143. The van der Waals surface area contributed by atoms with Gasteiger partial charge >= 0.3 is 0 Å². The van der Waals surface area contributed by atoms with Gasteiger partial charge in [0.2, 0.25) is 0 Å². The highest BCUT2D eigenvalue weighted by molar-refractivity contribution is 6.04. The third kappa shape index (κ3) is 4.83. The first-order valence-corrected chi connectivity index (χ1v) is 8.43. The van der Waals surface area contributed by atoms with E-state index in [2.05, 4.69) is 21.7 Å². The summed E-state index contributed by atoms with van der Waals surface area (Å²) in [6, 6.07) is 19.1. The van der Waals surface area contributed by atoms with Crippen molar-refractivity contribution >= 4 is 17.3 Å². The van der Waals surface area contributed by atoms with Crippen molar-refractivity contribution in [1.82, 2.24) is 4.98 Å². The van der Waals surface area contributed by atoms with Gasteiger partial charge in [-0.3, -0.25) is 9.78 Å². The van der Waals surface area contributed by atoms with Crippen LogP contribution in [0.25, 0.3) is 0 Å². The van der Waals surface area contributed by atoms with E-state index in [1.807, 2.05) is 48.5 Å². The van der Waals surface area contributed by atoms with E-state index in [0.717, 1.165) is 30.1 Å². The molecule has 1 heterocycles. The fourth-order valence-corrected chi connectivity index (χ4v) is 2.56. The number of carbonyl (C=O) groups is 1. The molecule has 2 N–H and O–H groups in total. The van der Waals surface area contributed by atoms with E-state index in [-0.39, 0.29) is 5.91 Å². The third-order valence-electron chi connectivity index (χ3n) is 3.91. The number of rotatable bonds is 7. The van der Waals surface area contributed by atoms with E-state index in [0.29, 0.717) is 5.56 Å². The molecular weight excluding hydrogens is 326 g/mol. The summed E-state index contributed by atoms with van der Waals surface area (Å²) in [6.07, 6.45) is 4.12. The SMILES string of the molecule is COc1cccc(CCNc2cncc(C(=O)Nc3ccccc3)c2)c1. The van der Waals surface area contributed by atoms with Crippen LogP contribution >= 0.6 is 0 Å². The Labute approximate surface area is 153 Å². The van der Waals surface area contributed by atoms with Gasteiger partial charge in [0.25, 0.3) is 5.91 Å². The first-order valence-electron chi connectivity index (χ1n) is 8.43. The van der Waals surface area contributed by atoms with Crippen LogP contribution in [-0.2, 0) is 6.42 Å². The zero-order valence-corrected chi connectivity index (χ0v) is 14.6. The van der Waals surface area contributed by atoms with Crippen molar-refractivity contribution in [3.63, 3.8) is 0 Å². The second kappa shape index (κ2) is 8.67. The van der Waals surface area contributed by atoms with Crippen LogP contribution in [0.1, 0.15) is 15.9 Å². The highest BCUT2D eigenvalue weighted by Gasteiger charge is 2.07. The van der Waals surface area contributed by atoms with Gasteiger partial charge in [0.1, 0.15) is 5.75 Å². The van der Waals surface area contributed by atoms with Crippen LogP contribution < -0.4 is 15.4 Å². The van der Waals surface area contributed by atoms with Crippen LogP contribution in [0.5, 0.6) is 5.75 Å². The van der Waals surface area contributed by atoms with E-state index < -0.39 is 0 Å². The maximum Gasteiger partial charge on any atom is 0.257 e. The molecule has 0 aliphatic carbocycles. The second-order valence-electron chi connectivity index (χ2n) is 5.81. The monoisotopic (exact) mass is 347 g/mol. The molecule has 0 aliphatic heterocycles. The van der Waals surface area contributed by atoms with Crippen LogP contribution in [-0.4, -0.2) is 24.5 Å². The molecule has 0 saturated heterocycles. The van der Waals surface area contributed by atoms with Gasteiger partial charge in [0, 0.05) is 24.6 Å². The van der Waals surface area contributed by atoms with Gasteiger partial charge in [0.15, 0.2) is 0 Å². The van der Waals surface area contributed by atoms with Gasteiger partial charge in [-0.2, -0.15) is 0 Å². The summed E-state index contributed by atoms with van der Waals surface area (Å²) in [5, 5.41) is 6.17. The number of methoxy groups -OCH3 is 1. The van der Waals surface area contributed by atoms with Crippen molar-refractivity contribution in [1.29, 1.82) is 0 Å². The van der Waals surface area contributed by atoms with Crippen molar-refractivity contribution in [2.24, 2.45) is 0 Å². The summed E-state index contributed by atoms with van der Waals surface area (Å²) in [7, 11) is 1.66. The topological polar surface area (TPSA) is 63.2 Å². The number of pyridine rings is 1. The lowest BCUT2D eigenvalue weighted by Gasteiger charge is -2.09. The summed E-state index contributed by atoms with van der Waals surface area (Å²) in [5.41, 5.74) is 3.27. The van der Waals surface area contributed by atoms with Gasteiger partial charge in [-0.05, 0) is 42.3 Å². The Kier molecular flexibility index (Phi) is 5.83. The summed E-state index contributed by atoms with van der Waals surface area (Å²) < 4.78 is 5.24. The Morgan fingerprint density at radius 3 is 2.65 bits per heavy atom. The summed E-state index contributed by atoms with van der Waals surface area (Å²) in [6.45, 7) is 0.735. The van der Waals surface area contributed by atoms with Gasteiger partial charge in [-0.1, -0.05) is 30.3 Å². The molecule has 0 atom stereocenters. The van der Waals surface area contributed by atoms with Gasteiger partial charge in [-0.15, -0.1) is 0 Å². The summed E-state index contributed by atoms with van der Waals surface area (Å²) in [4.78, 5) is 16.5. The van der Waals surface area contributed by atoms with Crippen molar-refractivity contribution in [3.8, 4) is 5.75 Å². The van der Waals surface area contributed by atoms with E-state index in [9.17, 15) is 4.79 Å². The lowest BCUT2D eigenvalue weighted by molar-refractivity contribution is 0.102. The van der Waals surface area contributed by atoms with Crippen LogP contribution in [0.4, 0.5) is 11.4 Å². The molecule has 5 heteroatoms. The van der Waals surface area contributed by atoms with Crippen LogP contribution in [0.3, 0.4) is 0 Å². The zero-order chi connectivity index (χ0) is 18.2. The molecule has 1 aromatic heterocycles. The molecular formula is C21H21N3O2. The van der Waals surface area contributed by atoms with Crippen LogP contribution in [0.2, 0.25) is 0 Å². The van der Waals surface area contributed by atoms with E-state index >= 15 is 0 Å². The minimum Gasteiger partial charge on any atom is -0.497 e. The lowest BCUT2D eigenvalue weighted by Crippen LogP contribution is -2.13. The number of amides is 1. The first kappa shape index (κ1) is 17.5. The number of nitrogens with zero attached hydrogens (tertiary/aromatic N) is 1. The number of carbonyl (C=O) groups excluding carboxylic acids is 1. The van der Waals surface area contributed by atoms with Crippen molar-refractivity contribution in [2.45, 2.75) is 6.42 Å². The number of hydrogen-bond donors (Lipinski definition) is 2. The Hall–Kier alpha value is -3.34. The average Bonchev–Trinajstić information content (AvgIpc) is 2.69.